The van der Waals surface area contributed by atoms with E-state index in [1.165, 1.54) is 22.0 Å². The van der Waals surface area contributed by atoms with Crippen LogP contribution in [0.25, 0.3) is 10.9 Å². The molecule has 2 aromatic heterocycles. The normalized spacial score (nSPS) is 11.0. The maximum atomic E-state index is 5.70. The highest BCUT2D eigenvalue weighted by Gasteiger charge is 2.07. The van der Waals surface area contributed by atoms with Gasteiger partial charge in [0.05, 0.1) is 0 Å². The molecule has 3 aromatic rings. The van der Waals surface area contributed by atoms with Crippen molar-refractivity contribution in [3.05, 3.63) is 66.1 Å². The molecule has 0 radical (unpaired) electrons. The molecule has 3 nitrogen and oxygen atoms in total. The summed E-state index contributed by atoms with van der Waals surface area (Å²) in [6.07, 6.45) is 6.81. The molecule has 0 unspecified atom stereocenters. The van der Waals surface area contributed by atoms with E-state index in [1.54, 1.807) is 0 Å². The Morgan fingerprint density at radius 1 is 1.05 bits per heavy atom. The summed E-state index contributed by atoms with van der Waals surface area (Å²) in [5.74, 6) is 0. The Hall–Kier alpha value is -2.13. The highest BCUT2D eigenvalue weighted by molar-refractivity contribution is 5.84. The summed E-state index contributed by atoms with van der Waals surface area (Å²) in [5, 5.41) is 1.31. The van der Waals surface area contributed by atoms with Crippen LogP contribution in [0.4, 0.5) is 0 Å². The van der Waals surface area contributed by atoms with Gasteiger partial charge in [0.1, 0.15) is 0 Å². The van der Waals surface area contributed by atoms with Crippen molar-refractivity contribution < 1.29 is 0 Å². The molecule has 0 aliphatic rings. The van der Waals surface area contributed by atoms with Gasteiger partial charge in [-0.1, -0.05) is 18.2 Å². The average molecular weight is 251 g/mol. The SMILES string of the molecule is NCCc1cn(Cc2ccncc2)c2ccccc12. The van der Waals surface area contributed by atoms with Crippen molar-refractivity contribution in [1.29, 1.82) is 0 Å². The van der Waals surface area contributed by atoms with Gasteiger partial charge in [0, 0.05) is 36.0 Å². The number of hydrogen-bond donors (Lipinski definition) is 1. The standard InChI is InChI=1S/C16H17N3/c17-8-5-14-12-19(11-13-6-9-18-10-7-13)16-4-2-1-3-15(14)16/h1-4,6-7,9-10,12H,5,8,11,17H2. The predicted molar refractivity (Wildman–Crippen MR) is 78.0 cm³/mol. The van der Waals surface area contributed by atoms with Gasteiger partial charge < -0.3 is 10.3 Å². The lowest BCUT2D eigenvalue weighted by atomic mass is 10.1. The Labute approximate surface area is 112 Å². The fourth-order valence-corrected chi connectivity index (χ4v) is 2.49. The average Bonchev–Trinajstić information content (AvgIpc) is 2.79. The third-order valence-corrected chi connectivity index (χ3v) is 3.39. The van der Waals surface area contributed by atoms with Crippen LogP contribution in [-0.2, 0) is 13.0 Å². The first-order valence-corrected chi connectivity index (χ1v) is 6.54. The van der Waals surface area contributed by atoms with Gasteiger partial charge in [-0.25, -0.2) is 0 Å². The second-order valence-corrected chi connectivity index (χ2v) is 4.69. The zero-order chi connectivity index (χ0) is 13.1. The number of para-hydroxylation sites is 1. The molecule has 0 fully saturated rings. The quantitative estimate of drug-likeness (QED) is 0.774. The molecule has 0 bridgehead atoms. The van der Waals surface area contributed by atoms with Gasteiger partial charge in [-0.05, 0) is 42.3 Å². The number of nitrogens with zero attached hydrogens (tertiary/aromatic N) is 2. The Balaban J connectivity index is 2.03. The number of fused-ring (bicyclic) bond motifs is 1. The molecule has 3 heteroatoms. The number of hydrogen-bond acceptors (Lipinski definition) is 2. The van der Waals surface area contributed by atoms with Crippen molar-refractivity contribution in [2.24, 2.45) is 5.73 Å². The maximum absolute atomic E-state index is 5.70. The molecule has 2 N–H and O–H groups in total. The van der Waals surface area contributed by atoms with Gasteiger partial charge in [-0.2, -0.15) is 0 Å². The van der Waals surface area contributed by atoms with Crippen LogP contribution in [0.5, 0.6) is 0 Å². The van der Waals surface area contributed by atoms with Crippen LogP contribution in [0, 0.1) is 0 Å². The first-order valence-electron chi connectivity index (χ1n) is 6.54. The van der Waals surface area contributed by atoms with Crippen molar-refractivity contribution in [2.75, 3.05) is 6.54 Å². The number of nitrogens with two attached hydrogens (primary N) is 1. The zero-order valence-electron chi connectivity index (χ0n) is 10.8. The summed E-state index contributed by atoms with van der Waals surface area (Å²) in [6, 6.07) is 12.6. The van der Waals surface area contributed by atoms with Crippen LogP contribution in [-0.4, -0.2) is 16.1 Å². The Bertz CT molecular complexity index is 671. The molecular formula is C16H17N3. The molecule has 0 saturated carbocycles. The minimum absolute atomic E-state index is 0.684. The summed E-state index contributed by atoms with van der Waals surface area (Å²) in [5.41, 5.74) is 9.55. The second-order valence-electron chi connectivity index (χ2n) is 4.69. The summed E-state index contributed by atoms with van der Waals surface area (Å²) in [7, 11) is 0. The maximum Gasteiger partial charge on any atom is 0.0486 e. The molecule has 0 aliphatic heterocycles. The van der Waals surface area contributed by atoms with E-state index in [4.69, 9.17) is 5.73 Å². The third-order valence-electron chi connectivity index (χ3n) is 3.39. The van der Waals surface area contributed by atoms with E-state index >= 15 is 0 Å². The molecule has 0 saturated heterocycles. The minimum atomic E-state index is 0.684. The summed E-state index contributed by atoms with van der Waals surface area (Å²) < 4.78 is 2.29. The predicted octanol–water partition coefficient (Wildman–Crippen LogP) is 2.59. The lowest BCUT2D eigenvalue weighted by Crippen LogP contribution is -2.02. The Kier molecular flexibility index (Phi) is 3.29. The van der Waals surface area contributed by atoms with Gasteiger partial charge in [0.25, 0.3) is 0 Å². The Morgan fingerprint density at radius 2 is 1.84 bits per heavy atom. The van der Waals surface area contributed by atoms with E-state index < -0.39 is 0 Å². The molecule has 3 rings (SSSR count). The molecule has 0 spiro atoms. The van der Waals surface area contributed by atoms with E-state index in [9.17, 15) is 0 Å². The van der Waals surface area contributed by atoms with Crippen molar-refractivity contribution in [3.8, 4) is 0 Å². The third kappa shape index (κ3) is 2.37. The summed E-state index contributed by atoms with van der Waals surface area (Å²) in [4.78, 5) is 4.06. The number of pyridine rings is 1. The molecule has 0 amide bonds. The molecular weight excluding hydrogens is 234 g/mol. The molecule has 2 heterocycles. The number of benzene rings is 1. The number of aromatic nitrogens is 2. The summed E-state index contributed by atoms with van der Waals surface area (Å²) >= 11 is 0. The topological polar surface area (TPSA) is 43.8 Å². The lowest BCUT2D eigenvalue weighted by Gasteiger charge is -2.04. The van der Waals surface area contributed by atoms with Crippen LogP contribution >= 0.6 is 0 Å². The fraction of sp³-hybridized carbons (Fsp3) is 0.188. The van der Waals surface area contributed by atoms with Crippen molar-refractivity contribution in [3.63, 3.8) is 0 Å². The van der Waals surface area contributed by atoms with Crippen molar-refractivity contribution in [1.82, 2.24) is 9.55 Å². The first-order chi connectivity index (χ1) is 9.38. The van der Waals surface area contributed by atoms with Crippen LogP contribution in [0.15, 0.2) is 55.0 Å². The van der Waals surface area contributed by atoms with E-state index in [-0.39, 0.29) is 0 Å². The van der Waals surface area contributed by atoms with Crippen LogP contribution in [0.1, 0.15) is 11.1 Å². The van der Waals surface area contributed by atoms with Gasteiger partial charge in [0.15, 0.2) is 0 Å². The first kappa shape index (κ1) is 11.9. The molecule has 19 heavy (non-hydrogen) atoms. The second kappa shape index (κ2) is 5.24. The highest BCUT2D eigenvalue weighted by atomic mass is 15.0. The fourth-order valence-electron chi connectivity index (χ4n) is 2.49. The van der Waals surface area contributed by atoms with Crippen molar-refractivity contribution in [2.45, 2.75) is 13.0 Å². The van der Waals surface area contributed by atoms with Crippen molar-refractivity contribution >= 4 is 10.9 Å². The Morgan fingerprint density at radius 3 is 2.63 bits per heavy atom. The van der Waals surface area contributed by atoms with Gasteiger partial charge >= 0.3 is 0 Å². The van der Waals surface area contributed by atoms with E-state index in [2.05, 4.69) is 52.1 Å². The van der Waals surface area contributed by atoms with Crippen LogP contribution < -0.4 is 5.73 Å². The van der Waals surface area contributed by atoms with Gasteiger partial charge in [-0.15, -0.1) is 0 Å². The van der Waals surface area contributed by atoms with Gasteiger partial charge in [-0.3, -0.25) is 4.98 Å². The van der Waals surface area contributed by atoms with E-state index in [1.807, 2.05) is 12.4 Å². The molecule has 1 aromatic carbocycles. The van der Waals surface area contributed by atoms with Gasteiger partial charge in [0.2, 0.25) is 0 Å². The minimum Gasteiger partial charge on any atom is -0.343 e. The highest BCUT2D eigenvalue weighted by Crippen LogP contribution is 2.22. The molecule has 96 valence electrons. The smallest absolute Gasteiger partial charge is 0.0486 e. The number of rotatable bonds is 4. The molecule has 0 atom stereocenters. The van der Waals surface area contributed by atoms with E-state index in [0.717, 1.165) is 13.0 Å². The van der Waals surface area contributed by atoms with Crippen LogP contribution in [0.3, 0.4) is 0 Å². The van der Waals surface area contributed by atoms with E-state index in [0.29, 0.717) is 6.54 Å². The zero-order valence-corrected chi connectivity index (χ0v) is 10.8. The van der Waals surface area contributed by atoms with Crippen LogP contribution in [0.2, 0.25) is 0 Å². The molecule has 0 aliphatic carbocycles. The largest absolute Gasteiger partial charge is 0.343 e. The monoisotopic (exact) mass is 251 g/mol. The summed E-state index contributed by atoms with van der Waals surface area (Å²) in [6.45, 7) is 1.55. The lowest BCUT2D eigenvalue weighted by molar-refractivity contribution is 0.825.